The normalized spacial score (nSPS) is 18.2. The second-order valence-corrected chi connectivity index (χ2v) is 7.37. The Balaban J connectivity index is 1.45. The Kier molecular flexibility index (Phi) is 5.13. The zero-order valence-electron chi connectivity index (χ0n) is 16.5. The number of hydrogen-bond donors (Lipinski definition) is 0. The molecule has 0 aliphatic carbocycles. The van der Waals surface area contributed by atoms with Gasteiger partial charge in [0.05, 0.1) is 19.3 Å². The van der Waals surface area contributed by atoms with Crippen LogP contribution >= 0.6 is 0 Å². The van der Waals surface area contributed by atoms with Crippen molar-refractivity contribution in [1.82, 2.24) is 9.80 Å². The quantitative estimate of drug-likeness (QED) is 0.798. The summed E-state index contributed by atoms with van der Waals surface area (Å²) in [6, 6.07) is 9.49. The van der Waals surface area contributed by atoms with Crippen molar-refractivity contribution in [3.63, 3.8) is 0 Å². The highest BCUT2D eigenvalue weighted by atomic mass is 19.1. The van der Waals surface area contributed by atoms with Crippen molar-refractivity contribution < 1.29 is 23.5 Å². The molecule has 0 saturated carbocycles. The first kappa shape index (κ1) is 19.2. The molecular weight excluding hydrogens is 375 g/mol. The zero-order chi connectivity index (χ0) is 20.5. The van der Waals surface area contributed by atoms with E-state index in [9.17, 15) is 14.0 Å². The van der Waals surface area contributed by atoms with Gasteiger partial charge >= 0.3 is 0 Å². The lowest BCUT2D eigenvalue weighted by atomic mass is 10.1. The van der Waals surface area contributed by atoms with E-state index in [1.54, 1.807) is 21.9 Å². The van der Waals surface area contributed by atoms with Gasteiger partial charge in [-0.15, -0.1) is 0 Å². The molecule has 152 valence electrons. The molecular formula is C22H23FN2O4. The average molecular weight is 398 g/mol. The highest BCUT2D eigenvalue weighted by Crippen LogP contribution is 2.27. The Hall–Kier alpha value is -3.09. The number of nitrogens with zero attached hydrogens (tertiary/aromatic N) is 2. The first-order valence-corrected chi connectivity index (χ1v) is 9.67. The van der Waals surface area contributed by atoms with Crippen LogP contribution in [0.3, 0.4) is 0 Å². The first-order valence-electron chi connectivity index (χ1n) is 9.67. The SMILES string of the molecule is COc1ccc(C(=O)N2CCN(C(=O)c3ccc4c(c3)CCO4)CC2C)c(F)c1. The molecule has 1 atom stereocenters. The summed E-state index contributed by atoms with van der Waals surface area (Å²) in [6.45, 7) is 3.67. The zero-order valence-corrected chi connectivity index (χ0v) is 16.5. The van der Waals surface area contributed by atoms with Crippen LogP contribution in [0.1, 0.15) is 33.2 Å². The molecule has 1 unspecified atom stereocenters. The molecule has 0 radical (unpaired) electrons. The second kappa shape index (κ2) is 7.73. The van der Waals surface area contributed by atoms with Crippen LogP contribution < -0.4 is 9.47 Å². The van der Waals surface area contributed by atoms with E-state index in [0.717, 1.165) is 17.7 Å². The van der Waals surface area contributed by atoms with Crippen molar-refractivity contribution >= 4 is 11.8 Å². The highest BCUT2D eigenvalue weighted by molar-refractivity contribution is 5.96. The number of ether oxygens (including phenoxy) is 2. The van der Waals surface area contributed by atoms with Gasteiger partial charge in [-0.2, -0.15) is 0 Å². The molecule has 0 bridgehead atoms. The van der Waals surface area contributed by atoms with Gasteiger partial charge in [-0.1, -0.05) is 0 Å². The Labute approximate surface area is 168 Å². The van der Waals surface area contributed by atoms with Gasteiger partial charge in [-0.3, -0.25) is 9.59 Å². The number of hydrogen-bond acceptors (Lipinski definition) is 4. The maximum atomic E-state index is 14.3. The number of carbonyl (C=O) groups excluding carboxylic acids is 2. The van der Waals surface area contributed by atoms with Crippen LogP contribution in [0.4, 0.5) is 4.39 Å². The summed E-state index contributed by atoms with van der Waals surface area (Å²) in [5.41, 5.74) is 1.69. The molecule has 6 nitrogen and oxygen atoms in total. The van der Waals surface area contributed by atoms with Gasteiger partial charge in [0.25, 0.3) is 11.8 Å². The molecule has 2 amide bonds. The summed E-state index contributed by atoms with van der Waals surface area (Å²) in [5.74, 6) is 0.156. The lowest BCUT2D eigenvalue weighted by Gasteiger charge is -2.40. The van der Waals surface area contributed by atoms with E-state index >= 15 is 0 Å². The van der Waals surface area contributed by atoms with Crippen LogP contribution in [0, 0.1) is 5.82 Å². The Bertz CT molecular complexity index is 962. The van der Waals surface area contributed by atoms with E-state index in [1.165, 1.54) is 19.2 Å². The molecule has 4 rings (SSSR count). The molecule has 2 aromatic rings. The Morgan fingerprint density at radius 2 is 1.97 bits per heavy atom. The predicted octanol–water partition coefficient (Wildman–Crippen LogP) is 2.76. The monoisotopic (exact) mass is 398 g/mol. The molecule has 0 spiro atoms. The van der Waals surface area contributed by atoms with Crippen molar-refractivity contribution in [1.29, 1.82) is 0 Å². The molecule has 2 aromatic carbocycles. The highest BCUT2D eigenvalue weighted by Gasteiger charge is 2.32. The van der Waals surface area contributed by atoms with Crippen LogP contribution in [0.5, 0.6) is 11.5 Å². The number of benzene rings is 2. The van der Waals surface area contributed by atoms with Crippen LogP contribution in [0.25, 0.3) is 0 Å². The number of rotatable bonds is 3. The van der Waals surface area contributed by atoms with Gasteiger partial charge in [0.1, 0.15) is 17.3 Å². The minimum atomic E-state index is -0.611. The molecule has 1 saturated heterocycles. The van der Waals surface area contributed by atoms with Gasteiger partial charge in [0.15, 0.2) is 0 Å². The van der Waals surface area contributed by atoms with Crippen LogP contribution in [-0.4, -0.2) is 61.0 Å². The average Bonchev–Trinajstić information content (AvgIpc) is 3.20. The van der Waals surface area contributed by atoms with Gasteiger partial charge in [0.2, 0.25) is 0 Å². The van der Waals surface area contributed by atoms with Crippen molar-refractivity contribution in [3.05, 3.63) is 58.9 Å². The molecule has 2 heterocycles. The lowest BCUT2D eigenvalue weighted by Crippen LogP contribution is -2.55. The number of carbonyl (C=O) groups is 2. The second-order valence-electron chi connectivity index (χ2n) is 7.37. The third kappa shape index (κ3) is 3.64. The van der Waals surface area contributed by atoms with Crippen molar-refractivity contribution in [3.8, 4) is 11.5 Å². The minimum Gasteiger partial charge on any atom is -0.497 e. The number of piperazine rings is 1. The maximum Gasteiger partial charge on any atom is 0.257 e. The number of amides is 2. The van der Waals surface area contributed by atoms with Crippen LogP contribution in [0.2, 0.25) is 0 Å². The summed E-state index contributed by atoms with van der Waals surface area (Å²) >= 11 is 0. The first-order chi connectivity index (χ1) is 14.0. The van der Waals surface area contributed by atoms with Gasteiger partial charge < -0.3 is 19.3 Å². The molecule has 2 aliphatic rings. The third-order valence-corrected chi connectivity index (χ3v) is 5.52. The summed E-state index contributed by atoms with van der Waals surface area (Å²) < 4.78 is 24.8. The van der Waals surface area contributed by atoms with E-state index in [-0.39, 0.29) is 23.4 Å². The number of methoxy groups -OCH3 is 1. The van der Waals surface area contributed by atoms with E-state index in [1.807, 2.05) is 19.1 Å². The summed E-state index contributed by atoms with van der Waals surface area (Å²) in [7, 11) is 1.45. The molecule has 29 heavy (non-hydrogen) atoms. The topological polar surface area (TPSA) is 59.1 Å². The largest absolute Gasteiger partial charge is 0.497 e. The summed E-state index contributed by atoms with van der Waals surface area (Å²) in [5, 5.41) is 0. The smallest absolute Gasteiger partial charge is 0.257 e. The van der Waals surface area contributed by atoms with Crippen molar-refractivity contribution in [2.24, 2.45) is 0 Å². The van der Waals surface area contributed by atoms with Crippen molar-refractivity contribution in [2.45, 2.75) is 19.4 Å². The van der Waals surface area contributed by atoms with E-state index in [2.05, 4.69) is 0 Å². The van der Waals surface area contributed by atoms with Crippen LogP contribution in [-0.2, 0) is 6.42 Å². The molecule has 0 aromatic heterocycles. The number of halogens is 1. The minimum absolute atomic E-state index is 0.0102. The predicted molar refractivity (Wildman–Crippen MR) is 105 cm³/mol. The van der Waals surface area contributed by atoms with Crippen LogP contribution in [0.15, 0.2) is 36.4 Å². The molecule has 0 N–H and O–H groups in total. The third-order valence-electron chi connectivity index (χ3n) is 5.52. The summed E-state index contributed by atoms with van der Waals surface area (Å²) in [6.07, 6.45) is 0.808. The van der Waals surface area contributed by atoms with Gasteiger partial charge in [0, 0.05) is 43.7 Å². The fourth-order valence-corrected chi connectivity index (χ4v) is 3.90. The number of fused-ring (bicyclic) bond motifs is 1. The van der Waals surface area contributed by atoms with E-state index in [4.69, 9.17) is 9.47 Å². The standard InChI is InChI=1S/C22H23FN2O4/c1-14-13-24(21(26)16-3-6-20-15(11-16)7-10-29-20)8-9-25(14)22(27)18-5-4-17(28-2)12-19(18)23/h3-6,11-12,14H,7-10,13H2,1-2H3. The molecule has 2 aliphatic heterocycles. The fraction of sp³-hybridized carbons (Fsp3) is 0.364. The molecule has 1 fully saturated rings. The summed E-state index contributed by atoms with van der Waals surface area (Å²) in [4.78, 5) is 29.1. The van der Waals surface area contributed by atoms with Crippen molar-refractivity contribution in [2.75, 3.05) is 33.4 Å². The van der Waals surface area contributed by atoms with Gasteiger partial charge in [-0.05, 0) is 42.8 Å². The maximum absolute atomic E-state index is 14.3. The molecule has 7 heteroatoms. The lowest BCUT2D eigenvalue weighted by molar-refractivity contribution is 0.0411. The Morgan fingerprint density at radius 1 is 1.14 bits per heavy atom. The fourth-order valence-electron chi connectivity index (χ4n) is 3.90. The van der Waals surface area contributed by atoms with E-state index < -0.39 is 5.82 Å². The van der Waals surface area contributed by atoms with Gasteiger partial charge in [-0.25, -0.2) is 4.39 Å². The Morgan fingerprint density at radius 3 is 2.69 bits per heavy atom. The van der Waals surface area contributed by atoms with E-state index in [0.29, 0.717) is 37.6 Å².